The molecule has 0 radical (unpaired) electrons. The Morgan fingerprint density at radius 3 is 3.06 bits per heavy atom. The van der Waals surface area contributed by atoms with E-state index in [9.17, 15) is 0 Å². The minimum atomic E-state index is 0.559. The van der Waals surface area contributed by atoms with Crippen LogP contribution in [0.4, 0.5) is 5.69 Å². The zero-order valence-corrected chi connectivity index (χ0v) is 11.5. The van der Waals surface area contributed by atoms with Gasteiger partial charge in [-0.3, -0.25) is 0 Å². The number of rotatable bonds is 3. The van der Waals surface area contributed by atoms with Gasteiger partial charge in [-0.25, -0.2) is 0 Å². The van der Waals surface area contributed by atoms with E-state index in [0.717, 1.165) is 19.5 Å². The predicted molar refractivity (Wildman–Crippen MR) is 73.0 cm³/mol. The molecule has 0 saturated heterocycles. The fraction of sp³-hybridized carbons (Fsp3) is 0.538. The van der Waals surface area contributed by atoms with Gasteiger partial charge in [0.2, 0.25) is 0 Å². The molecule has 2 nitrogen and oxygen atoms in total. The number of nitrogens with one attached hydrogen (secondary N) is 2. The number of para-hydroxylation sites is 1. The van der Waals surface area contributed by atoms with Crippen molar-refractivity contribution in [1.82, 2.24) is 5.32 Å². The summed E-state index contributed by atoms with van der Waals surface area (Å²) >= 11 is 3.58. The van der Waals surface area contributed by atoms with Crippen molar-refractivity contribution in [1.29, 1.82) is 0 Å². The van der Waals surface area contributed by atoms with Crippen LogP contribution in [0.5, 0.6) is 0 Å². The molecule has 1 atom stereocenters. The average Bonchev–Trinajstić information content (AvgIpc) is 2.26. The molecule has 1 aromatic rings. The van der Waals surface area contributed by atoms with E-state index in [1.165, 1.54) is 15.7 Å². The summed E-state index contributed by atoms with van der Waals surface area (Å²) in [6, 6.07) is 6.96. The monoisotopic (exact) mass is 282 g/mol. The molecule has 88 valence electrons. The first-order valence-electron chi connectivity index (χ1n) is 5.91. The molecule has 1 aromatic carbocycles. The molecule has 3 heteroatoms. The Balaban J connectivity index is 2.01. The lowest BCUT2D eigenvalue weighted by Crippen LogP contribution is -2.41. The third-order valence-corrected chi connectivity index (χ3v) is 3.57. The average molecular weight is 283 g/mol. The first-order valence-corrected chi connectivity index (χ1v) is 6.70. The van der Waals surface area contributed by atoms with Gasteiger partial charge in [-0.15, -0.1) is 0 Å². The van der Waals surface area contributed by atoms with E-state index < -0.39 is 0 Å². The molecule has 0 aromatic heterocycles. The molecule has 1 aliphatic heterocycles. The van der Waals surface area contributed by atoms with Gasteiger partial charge in [0.05, 0.1) is 5.69 Å². The van der Waals surface area contributed by atoms with Crippen LogP contribution in [0.3, 0.4) is 0 Å². The second-order valence-corrected chi connectivity index (χ2v) is 5.71. The number of hydrogen-bond donors (Lipinski definition) is 2. The van der Waals surface area contributed by atoms with Crippen LogP contribution in [-0.2, 0) is 6.42 Å². The summed E-state index contributed by atoms with van der Waals surface area (Å²) in [7, 11) is 0. The lowest BCUT2D eigenvalue weighted by atomic mass is 9.99. The molecule has 2 N–H and O–H groups in total. The summed E-state index contributed by atoms with van der Waals surface area (Å²) in [4.78, 5) is 0. The van der Waals surface area contributed by atoms with Gasteiger partial charge < -0.3 is 10.6 Å². The summed E-state index contributed by atoms with van der Waals surface area (Å²) in [5.74, 6) is 0.712. The van der Waals surface area contributed by atoms with Crippen molar-refractivity contribution >= 4 is 21.6 Å². The van der Waals surface area contributed by atoms with Gasteiger partial charge in [0, 0.05) is 17.1 Å². The quantitative estimate of drug-likeness (QED) is 0.891. The van der Waals surface area contributed by atoms with Crippen LogP contribution in [0.1, 0.15) is 19.4 Å². The van der Waals surface area contributed by atoms with Crippen LogP contribution in [0.2, 0.25) is 0 Å². The van der Waals surface area contributed by atoms with Crippen molar-refractivity contribution < 1.29 is 0 Å². The smallest absolute Gasteiger partial charge is 0.0518 e. The lowest BCUT2D eigenvalue weighted by Gasteiger charge is -2.28. The Kier molecular flexibility index (Phi) is 3.87. The molecular weight excluding hydrogens is 264 g/mol. The predicted octanol–water partition coefficient (Wildman–Crippen LogP) is 3.03. The maximum atomic E-state index is 3.60. The second kappa shape index (κ2) is 5.19. The minimum absolute atomic E-state index is 0.559. The van der Waals surface area contributed by atoms with Gasteiger partial charge in [-0.2, -0.15) is 0 Å². The van der Waals surface area contributed by atoms with Crippen LogP contribution < -0.4 is 10.6 Å². The van der Waals surface area contributed by atoms with Gasteiger partial charge in [0.1, 0.15) is 0 Å². The zero-order chi connectivity index (χ0) is 11.5. The Hall–Kier alpha value is -0.540. The fourth-order valence-electron chi connectivity index (χ4n) is 2.05. The normalized spacial score (nSPS) is 19.4. The van der Waals surface area contributed by atoms with E-state index in [4.69, 9.17) is 0 Å². The number of benzene rings is 1. The molecule has 0 fully saturated rings. The molecule has 1 heterocycles. The summed E-state index contributed by atoms with van der Waals surface area (Å²) in [6.45, 7) is 6.60. The van der Waals surface area contributed by atoms with Gasteiger partial charge >= 0.3 is 0 Å². The minimum Gasteiger partial charge on any atom is -0.382 e. The van der Waals surface area contributed by atoms with Crippen LogP contribution >= 0.6 is 15.9 Å². The van der Waals surface area contributed by atoms with Crippen molar-refractivity contribution in [2.24, 2.45) is 5.92 Å². The van der Waals surface area contributed by atoms with Gasteiger partial charge in [0.25, 0.3) is 0 Å². The third kappa shape index (κ3) is 2.77. The fourth-order valence-corrected chi connectivity index (χ4v) is 2.59. The van der Waals surface area contributed by atoms with Crippen LogP contribution in [0.15, 0.2) is 22.7 Å². The Morgan fingerprint density at radius 1 is 1.50 bits per heavy atom. The van der Waals surface area contributed by atoms with E-state index in [1.54, 1.807) is 0 Å². The van der Waals surface area contributed by atoms with E-state index in [-0.39, 0.29) is 0 Å². The van der Waals surface area contributed by atoms with E-state index >= 15 is 0 Å². The van der Waals surface area contributed by atoms with Crippen molar-refractivity contribution in [3.63, 3.8) is 0 Å². The summed E-state index contributed by atoms with van der Waals surface area (Å²) in [5.41, 5.74) is 2.67. The van der Waals surface area contributed by atoms with E-state index in [1.807, 2.05) is 0 Å². The van der Waals surface area contributed by atoms with Gasteiger partial charge in [0.15, 0.2) is 0 Å². The molecule has 0 amide bonds. The Bertz CT molecular complexity index is 363. The molecule has 0 aliphatic carbocycles. The third-order valence-electron chi connectivity index (χ3n) is 2.91. The molecule has 2 rings (SSSR count). The number of hydrogen-bond acceptors (Lipinski definition) is 2. The standard InChI is InChI=1S/C13H19BrN2/c1-9(2)7-15-11-6-10-4-3-5-12(14)13(10)16-8-11/h3-5,9,11,15-16H,6-8H2,1-2H3. The summed E-state index contributed by atoms with van der Waals surface area (Å²) < 4.78 is 1.17. The van der Waals surface area contributed by atoms with E-state index in [0.29, 0.717) is 12.0 Å². The first-order chi connectivity index (χ1) is 7.66. The van der Waals surface area contributed by atoms with Crippen molar-refractivity contribution in [2.45, 2.75) is 26.3 Å². The SMILES string of the molecule is CC(C)CNC1CNc2c(Br)cccc2C1. The molecule has 0 saturated carbocycles. The number of anilines is 1. The molecule has 1 unspecified atom stereocenters. The Morgan fingerprint density at radius 2 is 2.31 bits per heavy atom. The van der Waals surface area contributed by atoms with E-state index in [2.05, 4.69) is 58.6 Å². The number of halogens is 1. The molecule has 0 spiro atoms. The molecular formula is C13H19BrN2. The molecule has 16 heavy (non-hydrogen) atoms. The maximum Gasteiger partial charge on any atom is 0.0518 e. The summed E-state index contributed by atoms with van der Waals surface area (Å²) in [5, 5.41) is 7.10. The lowest BCUT2D eigenvalue weighted by molar-refractivity contribution is 0.465. The second-order valence-electron chi connectivity index (χ2n) is 4.86. The van der Waals surface area contributed by atoms with Gasteiger partial charge in [-0.1, -0.05) is 26.0 Å². The van der Waals surface area contributed by atoms with Crippen LogP contribution in [0, 0.1) is 5.92 Å². The van der Waals surface area contributed by atoms with Crippen molar-refractivity contribution in [3.05, 3.63) is 28.2 Å². The van der Waals surface area contributed by atoms with Crippen LogP contribution in [0.25, 0.3) is 0 Å². The summed E-state index contributed by atoms with van der Waals surface area (Å²) in [6.07, 6.45) is 1.12. The topological polar surface area (TPSA) is 24.1 Å². The highest BCUT2D eigenvalue weighted by molar-refractivity contribution is 9.10. The Labute approximate surface area is 106 Å². The highest BCUT2D eigenvalue weighted by atomic mass is 79.9. The zero-order valence-electron chi connectivity index (χ0n) is 9.89. The van der Waals surface area contributed by atoms with Crippen LogP contribution in [-0.4, -0.2) is 19.1 Å². The highest BCUT2D eigenvalue weighted by Crippen LogP contribution is 2.29. The van der Waals surface area contributed by atoms with Gasteiger partial charge in [-0.05, 0) is 46.4 Å². The van der Waals surface area contributed by atoms with Crippen molar-refractivity contribution in [2.75, 3.05) is 18.4 Å². The molecule has 0 bridgehead atoms. The highest BCUT2D eigenvalue weighted by Gasteiger charge is 2.18. The molecule has 1 aliphatic rings. The maximum absolute atomic E-state index is 3.60. The first kappa shape index (κ1) is 11.9. The van der Waals surface area contributed by atoms with Crippen molar-refractivity contribution in [3.8, 4) is 0 Å². The number of fused-ring (bicyclic) bond motifs is 1. The largest absolute Gasteiger partial charge is 0.382 e.